The molecule has 0 saturated carbocycles. The molecule has 14 heavy (non-hydrogen) atoms. The van der Waals surface area contributed by atoms with E-state index in [1.165, 1.54) is 12.1 Å². The molecular formula is C12H20N2. The Hall–Kier alpha value is -1.18. The third-order valence-electron chi connectivity index (χ3n) is 2.31. The van der Waals surface area contributed by atoms with E-state index in [1.54, 1.807) is 0 Å². The molecular weight excluding hydrogens is 172 g/mol. The summed E-state index contributed by atoms with van der Waals surface area (Å²) in [6.45, 7) is 12.6. The van der Waals surface area contributed by atoms with Crippen LogP contribution in [0.1, 0.15) is 19.8 Å². The highest BCUT2D eigenvalue weighted by atomic mass is 15.3. The quantitative estimate of drug-likeness (QED) is 0.597. The topological polar surface area (TPSA) is 6.48 Å². The van der Waals surface area contributed by atoms with E-state index in [0.29, 0.717) is 0 Å². The lowest BCUT2D eigenvalue weighted by Gasteiger charge is -2.21. The maximum atomic E-state index is 3.78. The van der Waals surface area contributed by atoms with Gasteiger partial charge in [0.1, 0.15) is 0 Å². The zero-order valence-corrected chi connectivity index (χ0v) is 9.08. The molecule has 0 atom stereocenters. The Kier molecular flexibility index (Phi) is 4.30. The van der Waals surface area contributed by atoms with E-state index >= 15 is 0 Å². The molecule has 0 aromatic heterocycles. The van der Waals surface area contributed by atoms with Gasteiger partial charge in [0.15, 0.2) is 0 Å². The fourth-order valence-electron chi connectivity index (χ4n) is 1.73. The number of hydrogen-bond acceptors (Lipinski definition) is 2. The van der Waals surface area contributed by atoms with Gasteiger partial charge >= 0.3 is 0 Å². The van der Waals surface area contributed by atoms with Crippen molar-refractivity contribution in [1.82, 2.24) is 9.80 Å². The molecule has 2 nitrogen and oxygen atoms in total. The van der Waals surface area contributed by atoms with Gasteiger partial charge in [-0.3, -0.25) is 0 Å². The van der Waals surface area contributed by atoms with Crippen LogP contribution in [-0.4, -0.2) is 29.6 Å². The summed E-state index contributed by atoms with van der Waals surface area (Å²) in [7, 11) is 0. The first-order valence-corrected chi connectivity index (χ1v) is 5.23. The van der Waals surface area contributed by atoms with E-state index in [4.69, 9.17) is 0 Å². The number of hydrogen-bond donors (Lipinski definition) is 0. The van der Waals surface area contributed by atoms with Crippen molar-refractivity contribution < 1.29 is 0 Å². The largest absolute Gasteiger partial charge is 0.355 e. The lowest BCUT2D eigenvalue weighted by molar-refractivity contribution is 0.284. The zero-order chi connectivity index (χ0) is 10.4. The normalized spacial score (nSPS) is 15.6. The Bertz CT molecular complexity index is 230. The second kappa shape index (κ2) is 5.53. The van der Waals surface area contributed by atoms with Crippen LogP contribution in [0.15, 0.2) is 37.2 Å². The second-order valence-corrected chi connectivity index (χ2v) is 3.58. The first kappa shape index (κ1) is 10.9. The monoisotopic (exact) mass is 192 g/mol. The molecule has 78 valence electrons. The third kappa shape index (κ3) is 2.66. The van der Waals surface area contributed by atoms with Crippen LogP contribution in [0.4, 0.5) is 0 Å². The van der Waals surface area contributed by atoms with E-state index in [0.717, 1.165) is 26.2 Å². The molecule has 0 amide bonds. The average Bonchev–Trinajstić information content (AvgIpc) is 2.50. The summed E-state index contributed by atoms with van der Waals surface area (Å²) in [5.74, 6) is 0. The first-order chi connectivity index (χ1) is 6.81. The van der Waals surface area contributed by atoms with Gasteiger partial charge in [-0.25, -0.2) is 0 Å². The van der Waals surface area contributed by atoms with Crippen LogP contribution in [0, 0.1) is 0 Å². The van der Waals surface area contributed by atoms with Gasteiger partial charge in [-0.15, -0.1) is 13.2 Å². The minimum atomic E-state index is 0.931. The molecule has 0 aliphatic carbocycles. The van der Waals surface area contributed by atoms with Crippen molar-refractivity contribution in [3.8, 4) is 0 Å². The minimum Gasteiger partial charge on any atom is -0.355 e. The fraction of sp³-hybridized carbons (Fsp3) is 0.500. The highest BCUT2D eigenvalue weighted by Crippen LogP contribution is 2.19. The molecule has 0 bridgehead atoms. The van der Waals surface area contributed by atoms with E-state index < -0.39 is 0 Å². The highest BCUT2D eigenvalue weighted by Gasteiger charge is 2.17. The Morgan fingerprint density at radius 1 is 1.36 bits per heavy atom. The molecule has 2 heteroatoms. The summed E-state index contributed by atoms with van der Waals surface area (Å²) in [5.41, 5.74) is 1.43. The van der Waals surface area contributed by atoms with Crippen molar-refractivity contribution in [3.05, 3.63) is 37.2 Å². The molecule has 0 radical (unpaired) electrons. The molecule has 0 aromatic carbocycles. The van der Waals surface area contributed by atoms with Gasteiger partial charge in [-0.1, -0.05) is 25.5 Å². The van der Waals surface area contributed by atoms with Crippen molar-refractivity contribution >= 4 is 0 Å². The van der Waals surface area contributed by atoms with Crippen LogP contribution >= 0.6 is 0 Å². The Morgan fingerprint density at radius 2 is 2.07 bits per heavy atom. The molecule has 0 spiro atoms. The van der Waals surface area contributed by atoms with E-state index in [-0.39, 0.29) is 0 Å². The van der Waals surface area contributed by atoms with Crippen molar-refractivity contribution in [2.24, 2.45) is 0 Å². The van der Waals surface area contributed by atoms with Crippen LogP contribution < -0.4 is 0 Å². The van der Waals surface area contributed by atoms with Gasteiger partial charge in [-0.2, -0.15) is 0 Å². The Morgan fingerprint density at radius 3 is 2.64 bits per heavy atom. The molecule has 1 aliphatic rings. The molecule has 0 fully saturated rings. The summed E-state index contributed by atoms with van der Waals surface area (Å²) >= 11 is 0. The molecule has 0 saturated heterocycles. The van der Waals surface area contributed by atoms with Crippen LogP contribution in [0.3, 0.4) is 0 Å². The van der Waals surface area contributed by atoms with Crippen molar-refractivity contribution in [2.75, 3.05) is 19.8 Å². The molecule has 0 N–H and O–H groups in total. The molecule has 0 unspecified atom stereocenters. The first-order valence-electron chi connectivity index (χ1n) is 5.23. The Balaban J connectivity index is 2.57. The standard InChI is InChI=1S/C12H20N2/c1-4-7-12-10-13(8-5-2)11-14(12)9-6-3/h5-6,10H,2-4,7-9,11H2,1H3. The summed E-state index contributed by atoms with van der Waals surface area (Å²) in [5, 5.41) is 0. The number of rotatable bonds is 6. The highest BCUT2D eigenvalue weighted by molar-refractivity contribution is 5.08. The lowest BCUT2D eigenvalue weighted by Crippen LogP contribution is -2.27. The van der Waals surface area contributed by atoms with Crippen molar-refractivity contribution in [1.29, 1.82) is 0 Å². The van der Waals surface area contributed by atoms with Crippen LogP contribution in [0.5, 0.6) is 0 Å². The van der Waals surface area contributed by atoms with E-state index in [2.05, 4.69) is 36.1 Å². The summed E-state index contributed by atoms with van der Waals surface area (Å²) < 4.78 is 0. The zero-order valence-electron chi connectivity index (χ0n) is 9.08. The third-order valence-corrected chi connectivity index (χ3v) is 2.31. The molecule has 1 rings (SSSR count). The minimum absolute atomic E-state index is 0.931. The van der Waals surface area contributed by atoms with Crippen molar-refractivity contribution in [2.45, 2.75) is 19.8 Å². The fourth-order valence-corrected chi connectivity index (χ4v) is 1.73. The maximum absolute atomic E-state index is 3.78. The lowest BCUT2D eigenvalue weighted by atomic mass is 10.2. The maximum Gasteiger partial charge on any atom is 0.0902 e. The van der Waals surface area contributed by atoms with E-state index in [1.807, 2.05) is 12.2 Å². The second-order valence-electron chi connectivity index (χ2n) is 3.58. The molecule has 0 aromatic rings. The van der Waals surface area contributed by atoms with Gasteiger partial charge in [0.25, 0.3) is 0 Å². The molecule has 1 heterocycles. The number of allylic oxidation sites excluding steroid dienone is 1. The number of nitrogens with zero attached hydrogens (tertiary/aromatic N) is 2. The van der Waals surface area contributed by atoms with E-state index in [9.17, 15) is 0 Å². The van der Waals surface area contributed by atoms with Crippen LogP contribution in [0.25, 0.3) is 0 Å². The smallest absolute Gasteiger partial charge is 0.0902 e. The van der Waals surface area contributed by atoms with Gasteiger partial charge in [0.2, 0.25) is 0 Å². The van der Waals surface area contributed by atoms with Crippen LogP contribution in [0.2, 0.25) is 0 Å². The average molecular weight is 192 g/mol. The SMILES string of the molecule is C=CCN1C=C(CCC)N(CC=C)C1. The van der Waals surface area contributed by atoms with Crippen LogP contribution in [-0.2, 0) is 0 Å². The summed E-state index contributed by atoms with van der Waals surface area (Å²) in [6.07, 6.45) is 8.50. The van der Waals surface area contributed by atoms with Gasteiger partial charge in [0, 0.05) is 25.0 Å². The van der Waals surface area contributed by atoms with Crippen molar-refractivity contribution in [3.63, 3.8) is 0 Å². The Labute approximate surface area is 87.2 Å². The van der Waals surface area contributed by atoms with Gasteiger partial charge in [0.05, 0.1) is 6.67 Å². The molecule has 1 aliphatic heterocycles. The summed E-state index contributed by atoms with van der Waals surface area (Å²) in [6, 6.07) is 0. The summed E-state index contributed by atoms with van der Waals surface area (Å²) in [4.78, 5) is 4.64. The predicted molar refractivity (Wildman–Crippen MR) is 61.7 cm³/mol. The van der Waals surface area contributed by atoms with Gasteiger partial charge < -0.3 is 9.80 Å². The van der Waals surface area contributed by atoms with Gasteiger partial charge in [-0.05, 0) is 6.42 Å². The predicted octanol–water partition coefficient (Wildman–Crippen LogP) is 2.58.